The monoisotopic (exact) mass is 832 g/mol. The third-order valence-corrected chi connectivity index (χ3v) is 10.8. The number of aliphatic carboxylic acids is 1. The molecule has 3 N–H and O–H groups in total. The molecule has 0 spiro atoms. The van der Waals surface area contributed by atoms with Crippen molar-refractivity contribution in [1.29, 1.82) is 5.26 Å². The van der Waals surface area contributed by atoms with E-state index in [-0.39, 0.29) is 26.0 Å². The molecule has 5 aromatic carbocycles. The maximum absolute atomic E-state index is 14.0. The van der Waals surface area contributed by atoms with Gasteiger partial charge in [-0.1, -0.05) is 77.8 Å². The van der Waals surface area contributed by atoms with E-state index in [0.717, 1.165) is 33.4 Å². The average Bonchev–Trinajstić information content (AvgIpc) is 3.22. The number of nitriles is 1. The second kappa shape index (κ2) is 17.3. The van der Waals surface area contributed by atoms with Crippen LogP contribution in [0.4, 0.5) is 4.79 Å². The van der Waals surface area contributed by atoms with Gasteiger partial charge < -0.3 is 34.9 Å². The van der Waals surface area contributed by atoms with Crippen molar-refractivity contribution in [2.24, 2.45) is 0 Å². The summed E-state index contributed by atoms with van der Waals surface area (Å²) in [6, 6.07) is 30.5. The average molecular weight is 834 g/mol. The van der Waals surface area contributed by atoms with Crippen LogP contribution < -0.4 is 24.8 Å². The van der Waals surface area contributed by atoms with Crippen LogP contribution in [-0.4, -0.2) is 52.1 Å². The van der Waals surface area contributed by atoms with Crippen molar-refractivity contribution in [3.63, 3.8) is 0 Å². The van der Waals surface area contributed by atoms with Crippen molar-refractivity contribution in [1.82, 2.24) is 15.5 Å². The highest BCUT2D eigenvalue weighted by Gasteiger charge is 2.39. The number of nitrogens with one attached hydrogen (secondary N) is 2. The number of halogens is 2. The molecule has 13 heteroatoms. The van der Waals surface area contributed by atoms with Gasteiger partial charge in [0.15, 0.2) is 17.6 Å². The number of carbonyl (C=O) groups is 3. The fraction of sp³-hybridized carbons (Fsp3) is 0.261. The summed E-state index contributed by atoms with van der Waals surface area (Å²) in [7, 11) is 0. The summed E-state index contributed by atoms with van der Waals surface area (Å²) in [6.07, 6.45) is -0.249. The maximum atomic E-state index is 14.0. The SMILES string of the molecule is CC(C)(C)NC(=O)N1Cc2cc3c(cc2CC1C(=O)NC(Cc1ccc(-c2ccc(C#N)cc2)cc1)C(=O)O)OCC(c1ccc(OCc2ccc(Cl)c(Cl)c2)cc1)O3. The predicted molar refractivity (Wildman–Crippen MR) is 224 cm³/mol. The topological polar surface area (TPSA) is 150 Å². The third kappa shape index (κ3) is 9.91. The zero-order valence-corrected chi connectivity index (χ0v) is 34.1. The fourth-order valence-electron chi connectivity index (χ4n) is 7.00. The number of amides is 3. The molecule has 0 radical (unpaired) electrons. The van der Waals surface area contributed by atoms with Gasteiger partial charge in [-0.3, -0.25) is 4.79 Å². The van der Waals surface area contributed by atoms with Gasteiger partial charge in [-0.25, -0.2) is 9.59 Å². The molecule has 5 aromatic rings. The second-order valence-electron chi connectivity index (χ2n) is 15.6. The van der Waals surface area contributed by atoms with Crippen LogP contribution in [-0.2, 0) is 35.6 Å². The number of urea groups is 1. The molecule has 0 saturated carbocycles. The summed E-state index contributed by atoms with van der Waals surface area (Å²) in [4.78, 5) is 41.8. The van der Waals surface area contributed by atoms with Gasteiger partial charge in [0.25, 0.3) is 0 Å². The molecule has 3 unspecified atom stereocenters. The Morgan fingerprint density at radius 3 is 2.19 bits per heavy atom. The van der Waals surface area contributed by atoms with Crippen molar-refractivity contribution in [3.8, 4) is 34.4 Å². The van der Waals surface area contributed by atoms with E-state index >= 15 is 0 Å². The van der Waals surface area contributed by atoms with E-state index in [9.17, 15) is 19.5 Å². The van der Waals surface area contributed by atoms with Crippen LogP contribution in [0.25, 0.3) is 11.1 Å². The Balaban J connectivity index is 1.04. The quantitative estimate of drug-likeness (QED) is 0.127. The highest BCUT2D eigenvalue weighted by Crippen LogP contribution is 2.41. The van der Waals surface area contributed by atoms with Gasteiger partial charge in [0, 0.05) is 24.9 Å². The lowest BCUT2D eigenvalue weighted by molar-refractivity contribution is -0.142. The van der Waals surface area contributed by atoms with Gasteiger partial charge in [-0.15, -0.1) is 0 Å². The Labute approximate surface area is 352 Å². The lowest BCUT2D eigenvalue weighted by Crippen LogP contribution is -2.59. The first kappa shape index (κ1) is 41.0. The second-order valence-corrected chi connectivity index (χ2v) is 16.4. The highest BCUT2D eigenvalue weighted by atomic mass is 35.5. The number of nitrogens with zero attached hydrogens (tertiary/aromatic N) is 2. The number of hydrogen-bond acceptors (Lipinski definition) is 7. The summed E-state index contributed by atoms with van der Waals surface area (Å²) < 4.78 is 18.6. The smallest absolute Gasteiger partial charge is 0.326 e. The molecule has 0 saturated heterocycles. The molecule has 0 aliphatic carbocycles. The molecular formula is C46H42Cl2N4O7. The number of carboxylic acids is 1. The number of fused-ring (bicyclic) bond motifs is 2. The lowest BCUT2D eigenvalue weighted by atomic mass is 9.92. The van der Waals surface area contributed by atoms with Crippen LogP contribution in [0.3, 0.4) is 0 Å². The summed E-state index contributed by atoms with van der Waals surface area (Å²) in [5, 5.41) is 25.9. The summed E-state index contributed by atoms with van der Waals surface area (Å²) >= 11 is 12.2. The minimum atomic E-state index is -1.25. The number of ether oxygens (including phenoxy) is 3. The van der Waals surface area contributed by atoms with E-state index < -0.39 is 41.6 Å². The molecule has 11 nitrogen and oxygen atoms in total. The van der Waals surface area contributed by atoms with Gasteiger partial charge >= 0.3 is 12.0 Å². The highest BCUT2D eigenvalue weighted by molar-refractivity contribution is 6.42. The summed E-state index contributed by atoms with van der Waals surface area (Å²) in [5.74, 6) is -0.0873. The molecule has 0 aromatic heterocycles. The van der Waals surface area contributed by atoms with E-state index in [0.29, 0.717) is 45.0 Å². The number of carbonyl (C=O) groups excluding carboxylic acids is 2. The van der Waals surface area contributed by atoms with Crippen LogP contribution in [0.2, 0.25) is 10.0 Å². The largest absolute Gasteiger partial charge is 0.489 e. The maximum Gasteiger partial charge on any atom is 0.326 e. The number of carboxylic acid groups (broad SMARTS) is 1. The van der Waals surface area contributed by atoms with E-state index in [1.165, 1.54) is 4.90 Å². The summed E-state index contributed by atoms with van der Waals surface area (Å²) in [5.41, 5.74) is 5.82. The molecule has 0 bridgehead atoms. The Morgan fingerprint density at radius 1 is 0.881 bits per heavy atom. The van der Waals surface area contributed by atoms with Crippen molar-refractivity contribution >= 4 is 41.1 Å². The first-order chi connectivity index (χ1) is 28.2. The van der Waals surface area contributed by atoms with Crippen molar-refractivity contribution in [2.75, 3.05) is 6.61 Å². The Bertz CT molecular complexity index is 2410. The number of hydrogen-bond donors (Lipinski definition) is 3. The predicted octanol–water partition coefficient (Wildman–Crippen LogP) is 8.67. The zero-order valence-electron chi connectivity index (χ0n) is 32.6. The third-order valence-electron chi connectivity index (χ3n) is 10.1. The van der Waals surface area contributed by atoms with Crippen LogP contribution in [0, 0.1) is 11.3 Å². The van der Waals surface area contributed by atoms with Crippen LogP contribution in [0.5, 0.6) is 17.2 Å². The zero-order chi connectivity index (χ0) is 41.8. The van der Waals surface area contributed by atoms with E-state index in [4.69, 9.17) is 42.7 Å². The Kier molecular flexibility index (Phi) is 12.0. The van der Waals surface area contributed by atoms with Gasteiger partial charge in [0.05, 0.1) is 21.7 Å². The minimum Gasteiger partial charge on any atom is -0.489 e. The first-order valence-corrected chi connectivity index (χ1v) is 19.8. The van der Waals surface area contributed by atoms with Gasteiger partial charge in [0.1, 0.15) is 31.0 Å². The van der Waals surface area contributed by atoms with E-state index in [2.05, 4.69) is 16.7 Å². The van der Waals surface area contributed by atoms with Crippen molar-refractivity contribution < 1.29 is 33.7 Å². The Morgan fingerprint density at radius 2 is 1.54 bits per heavy atom. The molecule has 59 heavy (non-hydrogen) atoms. The molecule has 2 heterocycles. The van der Waals surface area contributed by atoms with Gasteiger partial charge in [0.2, 0.25) is 5.91 Å². The van der Waals surface area contributed by atoms with Crippen molar-refractivity contribution in [3.05, 3.63) is 147 Å². The van der Waals surface area contributed by atoms with Crippen LogP contribution >= 0.6 is 23.2 Å². The molecule has 3 amide bonds. The van der Waals surface area contributed by atoms with E-state index in [1.54, 1.807) is 24.3 Å². The molecule has 3 atom stereocenters. The lowest BCUT2D eigenvalue weighted by Gasteiger charge is -2.39. The minimum absolute atomic E-state index is 0.0283. The number of rotatable bonds is 10. The molecule has 2 aliphatic heterocycles. The van der Waals surface area contributed by atoms with E-state index in [1.807, 2.05) is 99.6 Å². The Hall–Kier alpha value is -6.22. The molecule has 302 valence electrons. The normalized spacial score (nSPS) is 16.2. The van der Waals surface area contributed by atoms with Crippen molar-refractivity contribution in [2.45, 2.75) is 70.5 Å². The fourth-order valence-corrected chi connectivity index (χ4v) is 7.33. The molecule has 0 fully saturated rings. The molecule has 2 aliphatic rings. The van der Waals surface area contributed by atoms with Gasteiger partial charge in [-0.2, -0.15) is 5.26 Å². The summed E-state index contributed by atoms with van der Waals surface area (Å²) in [6.45, 7) is 6.19. The molecular weight excluding hydrogens is 791 g/mol. The van der Waals surface area contributed by atoms with Crippen LogP contribution in [0.1, 0.15) is 60.3 Å². The number of benzene rings is 5. The van der Waals surface area contributed by atoms with Gasteiger partial charge in [-0.05, 0) is 108 Å². The van der Waals surface area contributed by atoms with Crippen LogP contribution in [0.15, 0.2) is 103 Å². The first-order valence-electron chi connectivity index (χ1n) is 19.1. The molecule has 7 rings (SSSR count). The standard InChI is InChI=1S/C46H42Cl2N4O7/c1-46(2,3)51-45(56)52-24-34-22-41-40(58-26-42(59-41)32-13-15-35(16-14-32)57-25-29-8-17-36(47)37(48)18-29)21-33(34)20-39(52)43(53)50-38(44(54)55)19-27-4-9-30(10-5-27)31-11-6-28(23-49)7-12-31/h4-18,21-22,38-39,42H,19-20,24-26H2,1-3H3,(H,50,53)(H,51,56)(H,54,55).